The van der Waals surface area contributed by atoms with Gasteiger partial charge in [0, 0.05) is 10.2 Å². The van der Waals surface area contributed by atoms with Crippen LogP contribution < -0.4 is 15.1 Å². The predicted octanol–water partition coefficient (Wildman–Crippen LogP) is 6.53. The number of anilines is 1. The highest BCUT2D eigenvalue weighted by Crippen LogP contribution is 2.43. The van der Waals surface area contributed by atoms with Crippen molar-refractivity contribution in [2.24, 2.45) is 0 Å². The van der Waals surface area contributed by atoms with E-state index >= 15 is 0 Å². The molecular weight excluding hydrogens is 506 g/mol. The number of halogens is 2. The number of nitrogens with zero attached hydrogens (tertiary/aromatic N) is 1. The number of rotatable bonds is 4. The fourth-order valence-corrected chi connectivity index (χ4v) is 4.88. The third-order valence-electron chi connectivity index (χ3n) is 5.95. The number of benzene rings is 3. The van der Waals surface area contributed by atoms with Gasteiger partial charge in [-0.05, 0) is 53.9 Å². The van der Waals surface area contributed by atoms with Gasteiger partial charge in [-0.15, -0.1) is 0 Å². The molecule has 1 aliphatic rings. The molecule has 1 atom stereocenters. The van der Waals surface area contributed by atoms with Crippen LogP contribution in [0, 0.1) is 0 Å². The monoisotopic (exact) mass is 523 g/mol. The van der Waals surface area contributed by atoms with Crippen LogP contribution in [0.25, 0.3) is 11.0 Å². The van der Waals surface area contributed by atoms with Crippen molar-refractivity contribution in [3.63, 3.8) is 0 Å². The minimum atomic E-state index is -0.650. The minimum absolute atomic E-state index is 0.0475. The average molecular weight is 525 g/mol. The molecule has 0 fully saturated rings. The van der Waals surface area contributed by atoms with Gasteiger partial charge in [0.25, 0.3) is 5.91 Å². The second-order valence-electron chi connectivity index (χ2n) is 7.81. The van der Waals surface area contributed by atoms with Crippen molar-refractivity contribution < 1.29 is 13.9 Å². The van der Waals surface area contributed by atoms with E-state index in [0.717, 1.165) is 22.0 Å². The van der Waals surface area contributed by atoms with E-state index in [1.165, 1.54) is 7.11 Å². The van der Waals surface area contributed by atoms with E-state index in [4.69, 9.17) is 20.8 Å². The number of aryl methyl sites for hydroxylation is 1. The lowest BCUT2D eigenvalue weighted by molar-refractivity contribution is 0.0971. The Morgan fingerprint density at radius 2 is 1.82 bits per heavy atom. The van der Waals surface area contributed by atoms with Crippen molar-refractivity contribution in [2.45, 2.75) is 19.4 Å². The standard InChI is InChI=1S/C26H19BrClNO4/c1-3-14-4-6-15(7-5-14)23-22-24(30)18-12-16(27)8-10-20(18)33-25(22)26(31)29(23)17-9-11-21(32-2)19(28)13-17/h4-13,23H,3H2,1-2H3. The highest BCUT2D eigenvalue weighted by molar-refractivity contribution is 9.10. The minimum Gasteiger partial charge on any atom is -0.495 e. The molecule has 4 aromatic rings. The molecule has 166 valence electrons. The zero-order chi connectivity index (χ0) is 23.3. The summed E-state index contributed by atoms with van der Waals surface area (Å²) in [4.78, 5) is 28.9. The molecule has 0 saturated carbocycles. The number of amides is 1. The molecule has 1 aliphatic heterocycles. The molecule has 0 radical (unpaired) electrons. The van der Waals surface area contributed by atoms with Crippen molar-refractivity contribution in [2.75, 3.05) is 12.0 Å². The average Bonchev–Trinajstić information content (AvgIpc) is 3.12. The molecule has 3 aromatic carbocycles. The molecule has 0 spiro atoms. The summed E-state index contributed by atoms with van der Waals surface area (Å²) in [5, 5.41) is 0.785. The normalized spacial score (nSPS) is 15.2. The summed E-state index contributed by atoms with van der Waals surface area (Å²) in [6, 6.07) is 17.6. The zero-order valence-electron chi connectivity index (χ0n) is 17.9. The summed E-state index contributed by atoms with van der Waals surface area (Å²) in [6.07, 6.45) is 0.888. The Balaban J connectivity index is 1.78. The van der Waals surface area contributed by atoms with Gasteiger partial charge in [-0.25, -0.2) is 0 Å². The molecule has 33 heavy (non-hydrogen) atoms. The van der Waals surface area contributed by atoms with Crippen molar-refractivity contribution in [3.8, 4) is 5.75 Å². The van der Waals surface area contributed by atoms with Crippen molar-refractivity contribution in [3.05, 3.63) is 103 Å². The third kappa shape index (κ3) is 3.54. The van der Waals surface area contributed by atoms with Crippen molar-refractivity contribution >= 4 is 50.1 Å². The lowest BCUT2D eigenvalue weighted by Crippen LogP contribution is -2.29. The van der Waals surface area contributed by atoms with Gasteiger partial charge >= 0.3 is 0 Å². The number of hydrogen-bond acceptors (Lipinski definition) is 4. The van der Waals surface area contributed by atoms with Gasteiger partial charge < -0.3 is 9.15 Å². The first-order valence-electron chi connectivity index (χ1n) is 10.4. The number of methoxy groups -OCH3 is 1. The van der Waals surface area contributed by atoms with Crippen LogP contribution in [-0.4, -0.2) is 13.0 Å². The van der Waals surface area contributed by atoms with Crippen molar-refractivity contribution in [1.82, 2.24) is 0 Å². The maximum absolute atomic E-state index is 13.7. The van der Waals surface area contributed by atoms with E-state index in [-0.39, 0.29) is 11.2 Å². The van der Waals surface area contributed by atoms with E-state index in [0.29, 0.717) is 33.0 Å². The van der Waals surface area contributed by atoms with Crippen molar-refractivity contribution in [1.29, 1.82) is 0 Å². The summed E-state index contributed by atoms with van der Waals surface area (Å²) >= 11 is 9.80. The van der Waals surface area contributed by atoms with Gasteiger partial charge in [-0.1, -0.05) is 58.7 Å². The maximum atomic E-state index is 13.7. The van der Waals surface area contributed by atoms with Gasteiger partial charge in [0.2, 0.25) is 5.76 Å². The zero-order valence-corrected chi connectivity index (χ0v) is 20.2. The summed E-state index contributed by atoms with van der Waals surface area (Å²) in [6.45, 7) is 2.08. The molecule has 0 bridgehead atoms. The quantitative estimate of drug-likeness (QED) is 0.305. The van der Waals surface area contributed by atoms with Crippen LogP contribution in [0.2, 0.25) is 5.02 Å². The number of carbonyl (C=O) groups excluding carboxylic acids is 1. The van der Waals surface area contributed by atoms with Crippen LogP contribution in [0.15, 0.2) is 74.3 Å². The third-order valence-corrected chi connectivity index (χ3v) is 6.74. The first kappa shape index (κ1) is 21.7. The van der Waals surface area contributed by atoms with E-state index in [1.54, 1.807) is 41.3 Å². The second-order valence-corrected chi connectivity index (χ2v) is 9.13. The molecule has 2 heterocycles. The lowest BCUT2D eigenvalue weighted by atomic mass is 9.97. The van der Waals surface area contributed by atoms with Gasteiger partial charge in [0.1, 0.15) is 11.3 Å². The molecule has 0 N–H and O–H groups in total. The number of carbonyl (C=O) groups is 1. The molecule has 5 nitrogen and oxygen atoms in total. The summed E-state index contributed by atoms with van der Waals surface area (Å²) in [5.74, 6) is 0.155. The Kier molecular flexibility index (Phi) is 5.51. The Hall–Kier alpha value is -3.09. The summed E-state index contributed by atoms with van der Waals surface area (Å²) < 4.78 is 12.0. The molecular formula is C26H19BrClNO4. The molecule has 7 heteroatoms. The van der Waals surface area contributed by atoms with Gasteiger partial charge in [0.15, 0.2) is 5.43 Å². The first-order chi connectivity index (χ1) is 15.9. The molecule has 5 rings (SSSR count). The number of fused-ring (bicyclic) bond motifs is 2. The Morgan fingerprint density at radius 1 is 1.06 bits per heavy atom. The number of hydrogen-bond donors (Lipinski definition) is 0. The molecule has 1 aromatic heterocycles. The largest absolute Gasteiger partial charge is 0.495 e. The van der Waals surface area contributed by atoms with Crippen LogP contribution in [0.1, 0.15) is 40.2 Å². The fraction of sp³-hybridized carbons (Fsp3) is 0.154. The molecule has 1 unspecified atom stereocenters. The molecule has 0 aliphatic carbocycles. The van der Waals surface area contributed by atoms with E-state index in [1.807, 2.05) is 24.3 Å². The van der Waals surface area contributed by atoms with Crippen LogP contribution >= 0.6 is 27.5 Å². The van der Waals surface area contributed by atoms with Crippen LogP contribution in [0.4, 0.5) is 5.69 Å². The summed E-state index contributed by atoms with van der Waals surface area (Å²) in [5.41, 5.74) is 2.98. The number of ether oxygens (including phenoxy) is 1. The van der Waals surface area contributed by atoms with Gasteiger partial charge in [-0.3, -0.25) is 14.5 Å². The predicted molar refractivity (Wildman–Crippen MR) is 133 cm³/mol. The van der Waals surface area contributed by atoms with Gasteiger partial charge in [0.05, 0.1) is 29.1 Å². The highest BCUT2D eigenvalue weighted by Gasteiger charge is 2.43. The van der Waals surface area contributed by atoms with E-state index < -0.39 is 11.9 Å². The second kappa shape index (κ2) is 8.36. The Bertz CT molecular complexity index is 1460. The fourth-order valence-electron chi connectivity index (χ4n) is 4.27. The maximum Gasteiger partial charge on any atom is 0.295 e. The van der Waals surface area contributed by atoms with Crippen LogP contribution in [-0.2, 0) is 6.42 Å². The van der Waals surface area contributed by atoms with Crippen LogP contribution in [0.5, 0.6) is 5.75 Å². The highest BCUT2D eigenvalue weighted by atomic mass is 79.9. The first-order valence-corrected chi connectivity index (χ1v) is 11.6. The van der Waals surface area contributed by atoms with E-state index in [9.17, 15) is 9.59 Å². The Morgan fingerprint density at radius 3 is 2.48 bits per heavy atom. The topological polar surface area (TPSA) is 59.8 Å². The molecule has 0 saturated heterocycles. The summed E-state index contributed by atoms with van der Waals surface area (Å²) in [7, 11) is 1.53. The smallest absolute Gasteiger partial charge is 0.295 e. The van der Waals surface area contributed by atoms with E-state index in [2.05, 4.69) is 22.9 Å². The Labute approximate surface area is 203 Å². The lowest BCUT2D eigenvalue weighted by Gasteiger charge is -2.26. The van der Waals surface area contributed by atoms with Crippen LogP contribution in [0.3, 0.4) is 0 Å². The van der Waals surface area contributed by atoms with Gasteiger partial charge in [-0.2, -0.15) is 0 Å². The SMILES string of the molecule is CCc1ccc(C2c3c(oc4ccc(Br)cc4c3=O)C(=O)N2c2ccc(OC)c(Cl)c2)cc1. The molecule has 1 amide bonds.